The number of hydrogen-bond acceptors (Lipinski definition) is 2. The lowest BCUT2D eigenvalue weighted by atomic mass is 10.0. The van der Waals surface area contributed by atoms with Gasteiger partial charge in [-0.15, -0.1) is 0 Å². The Morgan fingerprint density at radius 2 is 2.21 bits per heavy atom. The van der Waals surface area contributed by atoms with Crippen molar-refractivity contribution in [1.29, 1.82) is 0 Å². The van der Waals surface area contributed by atoms with E-state index in [0.717, 1.165) is 49.3 Å². The fraction of sp³-hybridized carbons (Fsp3) is 0.368. The Hall–Kier alpha value is -2.56. The van der Waals surface area contributed by atoms with E-state index in [4.69, 9.17) is 0 Å². The summed E-state index contributed by atoms with van der Waals surface area (Å²) in [7, 11) is 0. The molecule has 0 saturated carbocycles. The molecule has 3 aromatic heterocycles. The number of carbonyl (C=O) groups is 1. The molecular weight excluding hydrogens is 300 g/mol. The van der Waals surface area contributed by atoms with Crippen LogP contribution in [0, 0.1) is 0 Å². The molecule has 1 aliphatic heterocycles. The van der Waals surface area contributed by atoms with E-state index in [0.29, 0.717) is 0 Å². The normalized spacial score (nSPS) is 18.2. The number of hydrogen-bond donors (Lipinski definition) is 0. The molecule has 0 aliphatic carbocycles. The first-order valence-corrected chi connectivity index (χ1v) is 8.66. The fourth-order valence-electron chi connectivity index (χ4n) is 3.67. The number of imidazole rings is 1. The molecule has 0 aromatic carbocycles. The zero-order valence-corrected chi connectivity index (χ0v) is 13.9. The summed E-state index contributed by atoms with van der Waals surface area (Å²) in [6.07, 6.45) is 10.9. The van der Waals surface area contributed by atoms with E-state index in [1.54, 1.807) is 0 Å². The minimum Gasteiger partial charge on any atom is -0.333 e. The van der Waals surface area contributed by atoms with Crippen LogP contribution in [0.2, 0.25) is 0 Å². The summed E-state index contributed by atoms with van der Waals surface area (Å²) in [4.78, 5) is 19.7. The SMILES string of the molecule is CCn1ccnc1[C@H]1CCCCN1C(=O)c1cc2ccccn2c1. The van der Waals surface area contributed by atoms with Gasteiger partial charge in [-0.3, -0.25) is 4.79 Å². The van der Waals surface area contributed by atoms with E-state index in [2.05, 4.69) is 16.5 Å². The third-order valence-corrected chi connectivity index (χ3v) is 4.90. The van der Waals surface area contributed by atoms with Crippen molar-refractivity contribution < 1.29 is 4.79 Å². The van der Waals surface area contributed by atoms with Crippen LogP contribution in [0.1, 0.15) is 48.4 Å². The molecule has 1 aliphatic rings. The molecule has 5 nitrogen and oxygen atoms in total. The van der Waals surface area contributed by atoms with Crippen LogP contribution in [0.4, 0.5) is 0 Å². The van der Waals surface area contributed by atoms with E-state index in [9.17, 15) is 4.79 Å². The number of aryl methyl sites for hydroxylation is 1. The van der Waals surface area contributed by atoms with Gasteiger partial charge in [-0.05, 0) is 44.4 Å². The number of nitrogens with zero attached hydrogens (tertiary/aromatic N) is 4. The maximum Gasteiger partial charge on any atom is 0.256 e. The maximum atomic E-state index is 13.2. The van der Waals surface area contributed by atoms with Crippen molar-refractivity contribution >= 4 is 11.4 Å². The van der Waals surface area contributed by atoms with Crippen molar-refractivity contribution in [1.82, 2.24) is 18.9 Å². The molecule has 4 heterocycles. The molecule has 1 fully saturated rings. The van der Waals surface area contributed by atoms with E-state index >= 15 is 0 Å². The van der Waals surface area contributed by atoms with Gasteiger partial charge in [-0.2, -0.15) is 0 Å². The predicted octanol–water partition coefficient (Wildman–Crippen LogP) is 3.52. The Labute approximate surface area is 141 Å². The lowest BCUT2D eigenvalue weighted by Crippen LogP contribution is -2.39. The Morgan fingerprint density at radius 3 is 3.04 bits per heavy atom. The van der Waals surface area contributed by atoms with Crippen LogP contribution < -0.4 is 0 Å². The number of aromatic nitrogens is 3. The summed E-state index contributed by atoms with van der Waals surface area (Å²) in [6.45, 7) is 3.79. The highest BCUT2D eigenvalue weighted by atomic mass is 16.2. The topological polar surface area (TPSA) is 42.5 Å². The van der Waals surface area contributed by atoms with Gasteiger partial charge < -0.3 is 13.9 Å². The molecule has 0 N–H and O–H groups in total. The molecule has 0 bridgehead atoms. The summed E-state index contributed by atoms with van der Waals surface area (Å²) in [5, 5.41) is 0. The van der Waals surface area contributed by atoms with Crippen molar-refractivity contribution in [3.05, 3.63) is 60.4 Å². The van der Waals surface area contributed by atoms with Gasteiger partial charge >= 0.3 is 0 Å². The third-order valence-electron chi connectivity index (χ3n) is 4.90. The fourth-order valence-corrected chi connectivity index (χ4v) is 3.67. The minimum atomic E-state index is 0.0733. The quantitative estimate of drug-likeness (QED) is 0.740. The summed E-state index contributed by atoms with van der Waals surface area (Å²) in [6, 6.07) is 8.03. The molecule has 0 radical (unpaired) electrons. The Bertz CT molecular complexity index is 830. The van der Waals surface area contributed by atoms with Gasteiger partial charge in [0.1, 0.15) is 5.82 Å². The van der Waals surface area contributed by atoms with E-state index in [1.807, 2.05) is 58.4 Å². The highest BCUT2D eigenvalue weighted by Gasteiger charge is 2.31. The van der Waals surface area contributed by atoms with E-state index in [1.165, 1.54) is 0 Å². The van der Waals surface area contributed by atoms with Gasteiger partial charge in [-0.25, -0.2) is 4.98 Å². The predicted molar refractivity (Wildman–Crippen MR) is 92.9 cm³/mol. The number of likely N-dealkylation sites (tertiary alicyclic amines) is 1. The van der Waals surface area contributed by atoms with E-state index < -0.39 is 0 Å². The molecule has 24 heavy (non-hydrogen) atoms. The Kier molecular flexibility index (Phi) is 3.84. The lowest BCUT2D eigenvalue weighted by molar-refractivity contribution is 0.0595. The highest BCUT2D eigenvalue weighted by molar-refractivity contribution is 5.96. The van der Waals surface area contributed by atoms with E-state index in [-0.39, 0.29) is 11.9 Å². The van der Waals surface area contributed by atoms with Gasteiger partial charge in [0.2, 0.25) is 0 Å². The van der Waals surface area contributed by atoms with Gasteiger partial charge in [-0.1, -0.05) is 6.07 Å². The number of pyridine rings is 1. The smallest absolute Gasteiger partial charge is 0.256 e. The van der Waals surface area contributed by atoms with Crippen molar-refractivity contribution in [2.75, 3.05) is 6.54 Å². The average Bonchev–Trinajstić information content (AvgIpc) is 3.27. The monoisotopic (exact) mass is 322 g/mol. The number of rotatable bonds is 3. The number of fused-ring (bicyclic) bond motifs is 1. The zero-order valence-electron chi connectivity index (χ0n) is 13.9. The molecule has 3 aromatic rings. The summed E-state index contributed by atoms with van der Waals surface area (Å²) >= 11 is 0. The second kappa shape index (κ2) is 6.15. The molecule has 0 unspecified atom stereocenters. The first-order chi connectivity index (χ1) is 11.8. The molecule has 1 amide bonds. The van der Waals surface area contributed by atoms with Crippen molar-refractivity contribution in [2.24, 2.45) is 0 Å². The minimum absolute atomic E-state index is 0.0733. The van der Waals surface area contributed by atoms with Crippen LogP contribution in [-0.4, -0.2) is 31.3 Å². The Balaban J connectivity index is 1.68. The second-order valence-electron chi connectivity index (χ2n) is 6.34. The van der Waals surface area contributed by atoms with Crippen LogP contribution >= 0.6 is 0 Å². The maximum absolute atomic E-state index is 13.2. The van der Waals surface area contributed by atoms with Crippen molar-refractivity contribution in [3.63, 3.8) is 0 Å². The first kappa shape index (κ1) is 15.0. The van der Waals surface area contributed by atoms with Gasteiger partial charge in [0.05, 0.1) is 11.6 Å². The molecular formula is C19H22N4O. The number of amides is 1. The van der Waals surface area contributed by atoms with Crippen molar-refractivity contribution in [2.45, 2.75) is 38.8 Å². The summed E-state index contributed by atoms with van der Waals surface area (Å²) < 4.78 is 4.14. The van der Waals surface area contributed by atoms with Crippen LogP contribution in [0.5, 0.6) is 0 Å². The molecule has 0 spiro atoms. The van der Waals surface area contributed by atoms with Gasteiger partial charge in [0.25, 0.3) is 5.91 Å². The molecule has 1 saturated heterocycles. The molecule has 1 atom stereocenters. The number of piperidine rings is 1. The molecule has 5 heteroatoms. The Morgan fingerprint density at radius 1 is 1.29 bits per heavy atom. The second-order valence-corrected chi connectivity index (χ2v) is 6.34. The summed E-state index contributed by atoms with van der Waals surface area (Å²) in [5.41, 5.74) is 1.80. The van der Waals surface area contributed by atoms with Crippen LogP contribution in [-0.2, 0) is 6.54 Å². The van der Waals surface area contributed by atoms with Crippen LogP contribution in [0.25, 0.3) is 5.52 Å². The average molecular weight is 322 g/mol. The summed E-state index contributed by atoms with van der Waals surface area (Å²) in [5.74, 6) is 1.11. The first-order valence-electron chi connectivity index (χ1n) is 8.66. The van der Waals surface area contributed by atoms with Gasteiger partial charge in [0, 0.05) is 43.4 Å². The third kappa shape index (κ3) is 2.50. The van der Waals surface area contributed by atoms with Crippen LogP contribution in [0.3, 0.4) is 0 Å². The van der Waals surface area contributed by atoms with Gasteiger partial charge in [0.15, 0.2) is 0 Å². The van der Waals surface area contributed by atoms with Crippen molar-refractivity contribution in [3.8, 4) is 0 Å². The lowest BCUT2D eigenvalue weighted by Gasteiger charge is -2.35. The largest absolute Gasteiger partial charge is 0.333 e. The highest BCUT2D eigenvalue weighted by Crippen LogP contribution is 2.31. The number of carbonyl (C=O) groups excluding carboxylic acids is 1. The standard InChI is InChI=1S/C19H22N4O/c1-2-21-12-9-20-18(21)17-8-4-6-11-23(17)19(24)15-13-16-7-3-5-10-22(16)14-15/h3,5,7,9-10,12-14,17H,2,4,6,8,11H2,1H3/t17-/m1/s1. The van der Waals surface area contributed by atoms with Crippen LogP contribution in [0.15, 0.2) is 49.1 Å². The molecule has 124 valence electrons. The zero-order chi connectivity index (χ0) is 16.5. The molecule has 4 rings (SSSR count).